The second kappa shape index (κ2) is 5.09. The third kappa shape index (κ3) is 2.00. The molecule has 2 aliphatic heterocycles. The molecule has 2 aliphatic rings. The minimum Gasteiger partial charge on any atom is -0.480 e. The Hall–Kier alpha value is -2.15. The van der Waals surface area contributed by atoms with Gasteiger partial charge in [-0.2, -0.15) is 0 Å². The van der Waals surface area contributed by atoms with Crippen LogP contribution in [-0.2, 0) is 14.3 Å². The van der Waals surface area contributed by atoms with Gasteiger partial charge in [0, 0.05) is 11.8 Å². The lowest BCUT2D eigenvalue weighted by Crippen LogP contribution is -2.22. The number of esters is 1. The Morgan fingerprint density at radius 2 is 2.25 bits per heavy atom. The summed E-state index contributed by atoms with van der Waals surface area (Å²) in [5.74, 6) is -0.204. The molecule has 7 heteroatoms. The molecule has 106 valence electrons. The highest BCUT2D eigenvalue weighted by atomic mass is 16.7. The Morgan fingerprint density at radius 1 is 1.40 bits per heavy atom. The second-order valence-electron chi connectivity index (χ2n) is 4.54. The van der Waals surface area contributed by atoms with Crippen LogP contribution in [0.1, 0.15) is 15.9 Å². The van der Waals surface area contributed by atoms with Gasteiger partial charge < -0.3 is 19.0 Å². The van der Waals surface area contributed by atoms with Crippen molar-refractivity contribution in [1.82, 2.24) is 4.98 Å². The van der Waals surface area contributed by atoms with E-state index in [2.05, 4.69) is 10.1 Å². The fourth-order valence-corrected chi connectivity index (χ4v) is 2.36. The van der Waals surface area contributed by atoms with E-state index in [0.717, 1.165) is 5.71 Å². The summed E-state index contributed by atoms with van der Waals surface area (Å²) in [5, 5.41) is 4.08. The van der Waals surface area contributed by atoms with Gasteiger partial charge in [-0.05, 0) is 6.07 Å². The molecule has 3 rings (SSSR count). The van der Waals surface area contributed by atoms with Gasteiger partial charge in [0.25, 0.3) is 0 Å². The highest BCUT2D eigenvalue weighted by molar-refractivity contribution is 6.05. The van der Waals surface area contributed by atoms with Crippen LogP contribution in [0.15, 0.2) is 17.4 Å². The lowest BCUT2D eigenvalue weighted by Gasteiger charge is -2.10. The van der Waals surface area contributed by atoms with E-state index >= 15 is 0 Å². The molecule has 0 bridgehead atoms. The Bertz CT molecular complexity index is 572. The van der Waals surface area contributed by atoms with E-state index in [1.54, 1.807) is 12.3 Å². The molecule has 0 radical (unpaired) electrons. The Labute approximate surface area is 115 Å². The average Bonchev–Trinajstić information content (AvgIpc) is 3.08. The van der Waals surface area contributed by atoms with Crippen LogP contribution < -0.4 is 4.74 Å². The maximum Gasteiger partial charge on any atom is 0.343 e. The normalized spacial score (nSPS) is 23.8. The maximum atomic E-state index is 11.7. The second-order valence-corrected chi connectivity index (χ2v) is 4.54. The molecule has 0 aromatic carbocycles. The largest absolute Gasteiger partial charge is 0.480 e. The molecule has 3 heterocycles. The molecule has 20 heavy (non-hydrogen) atoms. The molecule has 7 nitrogen and oxygen atoms in total. The molecular weight excluding hydrogens is 264 g/mol. The number of hydrogen-bond donors (Lipinski definition) is 0. The topological polar surface area (TPSA) is 79.2 Å². The van der Waals surface area contributed by atoms with E-state index in [1.165, 1.54) is 14.2 Å². The summed E-state index contributed by atoms with van der Waals surface area (Å²) in [6.07, 6.45) is 1.56. The predicted molar refractivity (Wildman–Crippen MR) is 67.8 cm³/mol. The lowest BCUT2D eigenvalue weighted by atomic mass is 9.95. The zero-order chi connectivity index (χ0) is 14.1. The van der Waals surface area contributed by atoms with E-state index < -0.39 is 5.97 Å². The molecule has 0 saturated carbocycles. The van der Waals surface area contributed by atoms with E-state index in [1.807, 2.05) is 0 Å². The first-order chi connectivity index (χ1) is 9.74. The van der Waals surface area contributed by atoms with Gasteiger partial charge in [-0.25, -0.2) is 9.78 Å². The smallest absolute Gasteiger partial charge is 0.343 e. The first-order valence-electron chi connectivity index (χ1n) is 6.18. The number of oxime groups is 1. The summed E-state index contributed by atoms with van der Waals surface area (Å²) < 4.78 is 15.2. The van der Waals surface area contributed by atoms with Crippen molar-refractivity contribution < 1.29 is 23.8 Å². The van der Waals surface area contributed by atoms with Gasteiger partial charge in [0.05, 0.1) is 39.1 Å². The van der Waals surface area contributed by atoms with E-state index in [9.17, 15) is 4.79 Å². The third-order valence-electron chi connectivity index (χ3n) is 3.41. The number of nitrogens with zero attached hydrogens (tertiary/aromatic N) is 2. The summed E-state index contributed by atoms with van der Waals surface area (Å²) in [7, 11) is 2.76. The van der Waals surface area contributed by atoms with Gasteiger partial charge in [-0.15, -0.1) is 0 Å². The van der Waals surface area contributed by atoms with Gasteiger partial charge >= 0.3 is 5.97 Å². The van der Waals surface area contributed by atoms with Crippen LogP contribution in [0.5, 0.6) is 5.88 Å². The molecule has 1 saturated heterocycles. The zero-order valence-corrected chi connectivity index (χ0v) is 11.2. The van der Waals surface area contributed by atoms with Crippen molar-refractivity contribution in [3.05, 3.63) is 23.4 Å². The van der Waals surface area contributed by atoms with Gasteiger partial charge in [0.2, 0.25) is 5.88 Å². The molecule has 2 atom stereocenters. The van der Waals surface area contributed by atoms with Crippen molar-refractivity contribution >= 4 is 11.7 Å². The number of rotatable bonds is 3. The number of hydrogen-bond acceptors (Lipinski definition) is 7. The summed E-state index contributed by atoms with van der Waals surface area (Å²) >= 11 is 0. The highest BCUT2D eigenvalue weighted by Crippen LogP contribution is 2.29. The van der Waals surface area contributed by atoms with Gasteiger partial charge in [-0.3, -0.25) is 0 Å². The number of carbonyl (C=O) groups is 1. The number of ether oxygens (including phenoxy) is 3. The van der Waals surface area contributed by atoms with Crippen molar-refractivity contribution in [3.8, 4) is 5.88 Å². The summed E-state index contributed by atoms with van der Waals surface area (Å²) in [6.45, 7) is 1.09. The minimum atomic E-state index is -0.505. The first-order valence-corrected chi connectivity index (χ1v) is 6.18. The molecule has 0 amide bonds. The van der Waals surface area contributed by atoms with Gasteiger partial charge in [0.1, 0.15) is 5.56 Å². The van der Waals surface area contributed by atoms with E-state index in [4.69, 9.17) is 19.0 Å². The Kier molecular flexibility index (Phi) is 3.27. The van der Waals surface area contributed by atoms with Crippen molar-refractivity contribution in [1.29, 1.82) is 0 Å². The molecule has 0 N–H and O–H groups in total. The fraction of sp³-hybridized carbons (Fsp3) is 0.462. The van der Waals surface area contributed by atoms with Crippen LogP contribution in [0.3, 0.4) is 0 Å². The van der Waals surface area contributed by atoms with Gasteiger partial charge in [0.15, 0.2) is 6.10 Å². The van der Waals surface area contributed by atoms with Crippen molar-refractivity contribution in [2.75, 3.05) is 27.4 Å². The summed E-state index contributed by atoms with van der Waals surface area (Å²) in [6, 6.07) is 1.65. The van der Waals surface area contributed by atoms with E-state index in [0.29, 0.717) is 18.8 Å². The molecule has 1 aromatic heterocycles. The maximum absolute atomic E-state index is 11.7. The highest BCUT2D eigenvalue weighted by Gasteiger charge is 2.40. The lowest BCUT2D eigenvalue weighted by molar-refractivity contribution is 0.0558. The number of pyridine rings is 1. The molecule has 0 spiro atoms. The van der Waals surface area contributed by atoms with Crippen LogP contribution in [-0.4, -0.2) is 50.2 Å². The van der Waals surface area contributed by atoms with Crippen molar-refractivity contribution in [2.24, 2.45) is 11.1 Å². The van der Waals surface area contributed by atoms with E-state index in [-0.39, 0.29) is 23.5 Å². The Morgan fingerprint density at radius 3 is 3.00 bits per heavy atom. The molecule has 0 aliphatic carbocycles. The van der Waals surface area contributed by atoms with Crippen LogP contribution in [0.4, 0.5) is 0 Å². The van der Waals surface area contributed by atoms with Crippen molar-refractivity contribution in [2.45, 2.75) is 6.10 Å². The van der Waals surface area contributed by atoms with Crippen LogP contribution in [0.2, 0.25) is 0 Å². The first kappa shape index (κ1) is 12.9. The molecule has 2 unspecified atom stereocenters. The number of methoxy groups -OCH3 is 2. The number of carbonyl (C=O) groups excluding carboxylic acids is 1. The van der Waals surface area contributed by atoms with Gasteiger partial charge in [-0.1, -0.05) is 5.16 Å². The third-order valence-corrected chi connectivity index (χ3v) is 3.41. The number of fused-ring (bicyclic) bond motifs is 1. The summed E-state index contributed by atoms with van der Waals surface area (Å²) in [5.41, 5.74) is 1.72. The molecule has 1 fully saturated rings. The van der Waals surface area contributed by atoms with Crippen molar-refractivity contribution in [3.63, 3.8) is 0 Å². The predicted octanol–water partition coefficient (Wildman–Crippen LogP) is 0.626. The minimum absolute atomic E-state index is 0.0475. The SMILES string of the molecule is COC(=O)c1cc(C2=NOC3COCC23)cnc1OC. The Balaban J connectivity index is 1.96. The fourth-order valence-electron chi connectivity index (χ4n) is 2.36. The quantitative estimate of drug-likeness (QED) is 0.754. The number of aromatic nitrogens is 1. The van der Waals surface area contributed by atoms with Crippen LogP contribution >= 0.6 is 0 Å². The molecule has 1 aromatic rings. The summed E-state index contributed by atoms with van der Waals surface area (Å²) in [4.78, 5) is 21.2. The standard InChI is InChI=1S/C13H14N2O5/c1-17-12-8(13(16)18-2)3-7(4-14-12)11-9-5-19-6-10(9)20-15-11/h3-4,9-10H,5-6H2,1-2H3. The monoisotopic (exact) mass is 278 g/mol. The van der Waals surface area contributed by atoms with Crippen LogP contribution in [0, 0.1) is 5.92 Å². The molecular formula is C13H14N2O5. The zero-order valence-electron chi connectivity index (χ0n) is 11.2. The van der Waals surface area contributed by atoms with Crippen LogP contribution in [0.25, 0.3) is 0 Å². The average molecular weight is 278 g/mol.